The van der Waals surface area contributed by atoms with Gasteiger partial charge in [-0.2, -0.15) is 4.98 Å². The van der Waals surface area contributed by atoms with Crippen molar-refractivity contribution >= 4 is 0 Å². The highest BCUT2D eigenvalue weighted by molar-refractivity contribution is 4.95. The number of rotatable bonds is 1. The van der Waals surface area contributed by atoms with Gasteiger partial charge in [0, 0.05) is 12.8 Å². The molecule has 1 aliphatic rings. The molecule has 1 aromatic heterocycles. The molecule has 0 bridgehead atoms. The van der Waals surface area contributed by atoms with E-state index < -0.39 is 0 Å². The molecule has 1 unspecified atom stereocenters. The van der Waals surface area contributed by atoms with Gasteiger partial charge in [0.2, 0.25) is 5.89 Å². The molecule has 0 saturated carbocycles. The number of aryl methyl sites for hydroxylation is 1. The lowest BCUT2D eigenvalue weighted by Gasteiger charge is -2.06. The standard InChI is InChI=1S/C9H15N3O/c1-7-11-9(12-13-7)8-3-2-5-10-6-4-8/h8,10H,2-6H2,1H3. The Morgan fingerprint density at radius 1 is 1.38 bits per heavy atom. The van der Waals surface area contributed by atoms with Gasteiger partial charge in [-0.05, 0) is 32.4 Å². The largest absolute Gasteiger partial charge is 0.340 e. The third-order valence-corrected chi connectivity index (χ3v) is 2.48. The maximum Gasteiger partial charge on any atom is 0.223 e. The zero-order valence-corrected chi connectivity index (χ0v) is 7.92. The summed E-state index contributed by atoms with van der Waals surface area (Å²) in [5.74, 6) is 2.06. The summed E-state index contributed by atoms with van der Waals surface area (Å²) in [6, 6.07) is 0. The molecule has 2 rings (SSSR count). The smallest absolute Gasteiger partial charge is 0.223 e. The maximum atomic E-state index is 4.98. The van der Waals surface area contributed by atoms with E-state index in [1.54, 1.807) is 0 Å². The summed E-state index contributed by atoms with van der Waals surface area (Å²) in [5.41, 5.74) is 0. The van der Waals surface area contributed by atoms with Crippen LogP contribution in [-0.2, 0) is 0 Å². The molecule has 0 aliphatic carbocycles. The van der Waals surface area contributed by atoms with E-state index in [1.165, 1.54) is 12.8 Å². The van der Waals surface area contributed by atoms with Crippen molar-refractivity contribution in [1.82, 2.24) is 15.5 Å². The molecule has 1 aromatic rings. The van der Waals surface area contributed by atoms with E-state index in [0.717, 1.165) is 25.3 Å². The van der Waals surface area contributed by atoms with E-state index in [1.807, 2.05) is 6.92 Å². The molecule has 0 spiro atoms. The summed E-state index contributed by atoms with van der Waals surface area (Å²) >= 11 is 0. The van der Waals surface area contributed by atoms with Crippen LogP contribution < -0.4 is 5.32 Å². The van der Waals surface area contributed by atoms with E-state index in [4.69, 9.17) is 4.52 Å². The van der Waals surface area contributed by atoms with Crippen molar-refractivity contribution in [3.05, 3.63) is 11.7 Å². The normalized spacial score (nSPS) is 24.2. The fourth-order valence-corrected chi connectivity index (χ4v) is 1.76. The van der Waals surface area contributed by atoms with Crippen LogP contribution in [0.2, 0.25) is 0 Å². The van der Waals surface area contributed by atoms with Crippen LogP contribution >= 0.6 is 0 Å². The zero-order valence-electron chi connectivity index (χ0n) is 7.92. The van der Waals surface area contributed by atoms with E-state index >= 15 is 0 Å². The predicted octanol–water partition coefficient (Wildman–Crippen LogP) is 1.24. The van der Waals surface area contributed by atoms with Crippen molar-refractivity contribution in [2.24, 2.45) is 0 Å². The Kier molecular flexibility index (Phi) is 2.59. The van der Waals surface area contributed by atoms with Gasteiger partial charge in [-0.3, -0.25) is 0 Å². The van der Waals surface area contributed by atoms with E-state index in [0.29, 0.717) is 11.8 Å². The SMILES string of the molecule is Cc1nc(C2CCCNCC2)no1. The minimum atomic E-state index is 0.493. The average molecular weight is 181 g/mol. The molecule has 72 valence electrons. The van der Waals surface area contributed by atoms with Crippen molar-refractivity contribution in [2.45, 2.75) is 32.1 Å². The summed E-state index contributed by atoms with van der Waals surface area (Å²) in [7, 11) is 0. The monoisotopic (exact) mass is 181 g/mol. The molecular weight excluding hydrogens is 166 g/mol. The van der Waals surface area contributed by atoms with Gasteiger partial charge >= 0.3 is 0 Å². The Balaban J connectivity index is 2.06. The highest BCUT2D eigenvalue weighted by atomic mass is 16.5. The molecule has 4 heteroatoms. The Morgan fingerprint density at radius 3 is 3.08 bits per heavy atom. The second-order valence-corrected chi connectivity index (χ2v) is 3.55. The van der Waals surface area contributed by atoms with E-state index in [9.17, 15) is 0 Å². The fourth-order valence-electron chi connectivity index (χ4n) is 1.76. The van der Waals surface area contributed by atoms with Crippen LogP contribution in [0.15, 0.2) is 4.52 Å². The summed E-state index contributed by atoms with van der Waals surface area (Å²) in [5, 5.41) is 7.33. The number of aromatic nitrogens is 2. The molecule has 0 radical (unpaired) electrons. The number of nitrogens with zero attached hydrogens (tertiary/aromatic N) is 2. The number of nitrogens with one attached hydrogen (secondary N) is 1. The number of hydrogen-bond acceptors (Lipinski definition) is 4. The van der Waals surface area contributed by atoms with E-state index in [2.05, 4.69) is 15.5 Å². The highest BCUT2D eigenvalue weighted by Crippen LogP contribution is 2.23. The Labute approximate surface area is 77.7 Å². The second kappa shape index (κ2) is 3.87. The highest BCUT2D eigenvalue weighted by Gasteiger charge is 2.18. The quantitative estimate of drug-likeness (QED) is 0.708. The van der Waals surface area contributed by atoms with Gasteiger partial charge in [-0.1, -0.05) is 5.16 Å². The van der Waals surface area contributed by atoms with Crippen molar-refractivity contribution in [3.63, 3.8) is 0 Å². The summed E-state index contributed by atoms with van der Waals surface area (Å²) in [4.78, 5) is 4.27. The summed E-state index contributed by atoms with van der Waals surface area (Å²) < 4.78 is 4.98. The topological polar surface area (TPSA) is 51.0 Å². The molecule has 0 aromatic carbocycles. The van der Waals surface area contributed by atoms with Crippen LogP contribution in [0.5, 0.6) is 0 Å². The molecular formula is C9H15N3O. The third kappa shape index (κ3) is 2.06. The Morgan fingerprint density at radius 2 is 2.31 bits per heavy atom. The Hall–Kier alpha value is -0.900. The second-order valence-electron chi connectivity index (χ2n) is 3.55. The molecule has 1 aliphatic heterocycles. The van der Waals surface area contributed by atoms with Gasteiger partial charge in [0.25, 0.3) is 0 Å². The van der Waals surface area contributed by atoms with Crippen LogP contribution in [0.25, 0.3) is 0 Å². The molecule has 1 N–H and O–H groups in total. The first kappa shape index (κ1) is 8.69. The molecule has 1 fully saturated rings. The van der Waals surface area contributed by atoms with Gasteiger partial charge in [-0.25, -0.2) is 0 Å². The van der Waals surface area contributed by atoms with Crippen molar-refractivity contribution in [3.8, 4) is 0 Å². The van der Waals surface area contributed by atoms with Crippen molar-refractivity contribution in [2.75, 3.05) is 13.1 Å². The van der Waals surface area contributed by atoms with Gasteiger partial charge in [0.15, 0.2) is 5.82 Å². The van der Waals surface area contributed by atoms with Crippen LogP contribution in [0.3, 0.4) is 0 Å². The molecule has 4 nitrogen and oxygen atoms in total. The zero-order chi connectivity index (χ0) is 9.10. The average Bonchev–Trinajstić information content (AvgIpc) is 2.43. The van der Waals surface area contributed by atoms with Crippen LogP contribution in [0.4, 0.5) is 0 Å². The van der Waals surface area contributed by atoms with Crippen LogP contribution in [-0.4, -0.2) is 23.2 Å². The number of hydrogen-bond donors (Lipinski definition) is 1. The first-order chi connectivity index (χ1) is 6.36. The molecule has 13 heavy (non-hydrogen) atoms. The lowest BCUT2D eigenvalue weighted by Crippen LogP contribution is -2.14. The van der Waals surface area contributed by atoms with Gasteiger partial charge < -0.3 is 9.84 Å². The molecule has 1 saturated heterocycles. The van der Waals surface area contributed by atoms with Crippen LogP contribution in [0.1, 0.15) is 36.9 Å². The molecule has 2 heterocycles. The fraction of sp³-hybridized carbons (Fsp3) is 0.778. The van der Waals surface area contributed by atoms with Crippen LogP contribution in [0, 0.1) is 6.92 Å². The summed E-state index contributed by atoms with van der Waals surface area (Å²) in [6.07, 6.45) is 3.50. The first-order valence-electron chi connectivity index (χ1n) is 4.87. The van der Waals surface area contributed by atoms with Crippen molar-refractivity contribution < 1.29 is 4.52 Å². The lowest BCUT2D eigenvalue weighted by atomic mass is 10.0. The van der Waals surface area contributed by atoms with Gasteiger partial charge in [0.1, 0.15) is 0 Å². The maximum absolute atomic E-state index is 4.98. The third-order valence-electron chi connectivity index (χ3n) is 2.48. The van der Waals surface area contributed by atoms with Crippen molar-refractivity contribution in [1.29, 1.82) is 0 Å². The predicted molar refractivity (Wildman–Crippen MR) is 48.5 cm³/mol. The first-order valence-corrected chi connectivity index (χ1v) is 4.87. The lowest BCUT2D eigenvalue weighted by molar-refractivity contribution is 0.380. The summed E-state index contributed by atoms with van der Waals surface area (Å²) in [6.45, 7) is 4.02. The van der Waals surface area contributed by atoms with Gasteiger partial charge in [0.05, 0.1) is 0 Å². The van der Waals surface area contributed by atoms with E-state index in [-0.39, 0.29) is 0 Å². The molecule has 1 atom stereocenters. The minimum Gasteiger partial charge on any atom is -0.340 e. The minimum absolute atomic E-state index is 0.493. The Bertz CT molecular complexity index is 264. The molecule has 0 amide bonds. The van der Waals surface area contributed by atoms with Gasteiger partial charge in [-0.15, -0.1) is 0 Å².